The Labute approximate surface area is 213 Å². The fraction of sp³-hybridized carbons (Fsp3) is 0.640. The third-order valence-electron chi connectivity index (χ3n) is 6.83. The predicted molar refractivity (Wildman–Crippen MR) is 132 cm³/mol. The molecule has 0 N–H and O–H groups in total. The zero-order valence-corrected chi connectivity index (χ0v) is 21.3. The number of hydrogen-bond acceptors (Lipinski definition) is 7. The van der Waals surface area contributed by atoms with Crippen LogP contribution >= 0.6 is 11.3 Å². The Bertz CT molecular complexity index is 1050. The topological polar surface area (TPSA) is 80.6 Å². The summed E-state index contributed by atoms with van der Waals surface area (Å²) >= 11 is 1.43. The monoisotopic (exact) mass is 523 g/mol. The summed E-state index contributed by atoms with van der Waals surface area (Å²) in [5.74, 6) is 0.899. The fourth-order valence-corrected chi connectivity index (χ4v) is 5.53. The number of carbonyl (C=O) groups is 1. The smallest absolute Gasteiger partial charge is 0.422 e. The number of alkyl halides is 3. The van der Waals surface area contributed by atoms with Crippen LogP contribution in [0.1, 0.15) is 53.4 Å². The number of rotatable bonds is 8. The number of halogens is 3. The lowest BCUT2D eigenvalue weighted by Crippen LogP contribution is -2.29. The second-order valence-corrected chi connectivity index (χ2v) is 10.9. The molecule has 0 aromatic carbocycles. The highest BCUT2D eigenvalue weighted by Crippen LogP contribution is 2.30. The van der Waals surface area contributed by atoms with Gasteiger partial charge in [0.25, 0.3) is 5.91 Å². The molecule has 0 unspecified atom stereocenters. The van der Waals surface area contributed by atoms with Crippen molar-refractivity contribution in [3.05, 3.63) is 33.4 Å². The Kier molecular flexibility index (Phi) is 9.05. The predicted octanol–water partition coefficient (Wildman–Crippen LogP) is 4.62. The Hall–Kier alpha value is -2.40. The molecule has 1 fully saturated rings. The van der Waals surface area contributed by atoms with E-state index < -0.39 is 12.8 Å². The van der Waals surface area contributed by atoms with E-state index in [1.54, 1.807) is 0 Å². The molecule has 0 spiro atoms. The molecule has 36 heavy (non-hydrogen) atoms. The van der Waals surface area contributed by atoms with Gasteiger partial charge in [-0.3, -0.25) is 4.79 Å². The molecule has 2 aromatic rings. The fourth-order valence-electron chi connectivity index (χ4n) is 4.83. The summed E-state index contributed by atoms with van der Waals surface area (Å²) < 4.78 is 42.1. The van der Waals surface area contributed by atoms with E-state index in [1.165, 1.54) is 17.4 Å². The van der Waals surface area contributed by atoms with Gasteiger partial charge in [0, 0.05) is 37.5 Å². The zero-order valence-electron chi connectivity index (χ0n) is 20.5. The molecule has 1 amide bonds. The van der Waals surface area contributed by atoms with Crippen molar-refractivity contribution >= 4 is 23.5 Å². The van der Waals surface area contributed by atoms with Crippen molar-refractivity contribution in [2.24, 2.45) is 16.8 Å². The van der Waals surface area contributed by atoms with E-state index in [-0.39, 0.29) is 18.2 Å². The van der Waals surface area contributed by atoms with Crippen LogP contribution < -0.4 is 4.74 Å². The summed E-state index contributed by atoms with van der Waals surface area (Å²) in [5.41, 5.74) is 1.93. The molecule has 1 saturated carbocycles. The molecule has 3 heterocycles. The third kappa shape index (κ3) is 8.33. The second kappa shape index (κ2) is 12.2. The summed E-state index contributed by atoms with van der Waals surface area (Å²) in [5, 5.41) is 9.47. The highest BCUT2D eigenvalue weighted by atomic mass is 32.1. The molecule has 1 aliphatic heterocycles. The summed E-state index contributed by atoms with van der Waals surface area (Å²) in [4.78, 5) is 23.0. The number of aliphatic imine (C=N–C) groups is 1. The summed E-state index contributed by atoms with van der Waals surface area (Å²) in [6, 6.07) is 3.38. The van der Waals surface area contributed by atoms with E-state index in [9.17, 15) is 18.0 Å². The Morgan fingerprint density at radius 2 is 1.97 bits per heavy atom. The standard InChI is InChI=1S/C25H32F3N5O2S/c1-17-31-32-24(36-17)14-22(34)29-15-19-4-2-18(3-5-19)8-11-33-12-9-20-6-7-23(30-21(20)10-13-33)35-16-25(26,27)28/h6-7,15,18-19H,2-5,8-14,16H2,1H3. The van der Waals surface area contributed by atoms with Gasteiger partial charge in [0.05, 0.1) is 6.42 Å². The molecule has 11 heteroatoms. The molecule has 2 aliphatic rings. The lowest BCUT2D eigenvalue weighted by molar-refractivity contribution is -0.154. The summed E-state index contributed by atoms with van der Waals surface area (Å²) in [7, 11) is 0. The van der Waals surface area contributed by atoms with E-state index >= 15 is 0 Å². The molecule has 0 atom stereocenters. The number of ether oxygens (including phenoxy) is 1. The molecule has 0 radical (unpaired) electrons. The van der Waals surface area contributed by atoms with Crippen molar-refractivity contribution < 1.29 is 22.7 Å². The first kappa shape index (κ1) is 26.7. The minimum atomic E-state index is -4.37. The molecule has 1 aliphatic carbocycles. The van der Waals surface area contributed by atoms with E-state index in [0.717, 1.165) is 74.4 Å². The number of aryl methyl sites for hydroxylation is 1. The van der Waals surface area contributed by atoms with Crippen LogP contribution in [-0.4, -0.2) is 64.6 Å². The van der Waals surface area contributed by atoms with Crippen LogP contribution in [0, 0.1) is 18.8 Å². The van der Waals surface area contributed by atoms with Gasteiger partial charge >= 0.3 is 6.18 Å². The quantitative estimate of drug-likeness (QED) is 0.470. The number of aromatic nitrogens is 3. The number of nitrogens with zero attached hydrogens (tertiary/aromatic N) is 5. The Morgan fingerprint density at radius 1 is 1.19 bits per heavy atom. The van der Waals surface area contributed by atoms with Gasteiger partial charge in [-0.1, -0.05) is 6.07 Å². The molecule has 2 aromatic heterocycles. The van der Waals surface area contributed by atoms with Crippen LogP contribution in [0.4, 0.5) is 13.2 Å². The third-order valence-corrected chi connectivity index (χ3v) is 7.67. The average molecular weight is 524 g/mol. The number of pyridine rings is 1. The van der Waals surface area contributed by atoms with Crippen molar-refractivity contribution in [3.63, 3.8) is 0 Å². The minimum Gasteiger partial charge on any atom is -0.468 e. The molecular weight excluding hydrogens is 491 g/mol. The lowest BCUT2D eigenvalue weighted by Gasteiger charge is -2.28. The van der Waals surface area contributed by atoms with Crippen molar-refractivity contribution in [1.29, 1.82) is 0 Å². The van der Waals surface area contributed by atoms with Gasteiger partial charge in [-0.15, -0.1) is 21.5 Å². The number of hydrogen-bond donors (Lipinski definition) is 0. The molecule has 7 nitrogen and oxygen atoms in total. The van der Waals surface area contributed by atoms with E-state index in [2.05, 4.69) is 25.1 Å². The highest BCUT2D eigenvalue weighted by molar-refractivity contribution is 7.11. The van der Waals surface area contributed by atoms with Crippen LogP contribution in [0.25, 0.3) is 0 Å². The van der Waals surface area contributed by atoms with Crippen LogP contribution in [-0.2, 0) is 24.1 Å². The van der Waals surface area contributed by atoms with Crippen LogP contribution in [0.15, 0.2) is 17.1 Å². The van der Waals surface area contributed by atoms with Crippen LogP contribution in [0.2, 0.25) is 0 Å². The molecule has 196 valence electrons. The van der Waals surface area contributed by atoms with Crippen LogP contribution in [0.5, 0.6) is 5.88 Å². The van der Waals surface area contributed by atoms with Gasteiger partial charge in [-0.05, 0) is 69.4 Å². The maximum absolute atomic E-state index is 12.4. The zero-order chi connectivity index (χ0) is 25.5. The SMILES string of the molecule is Cc1nnc(CC(=O)N=CC2CCC(CCN3CCc4ccc(OCC(F)(F)F)nc4CC3)CC2)s1. The minimum absolute atomic E-state index is 0.0387. The van der Waals surface area contributed by atoms with Gasteiger partial charge in [0.1, 0.15) is 10.0 Å². The van der Waals surface area contributed by atoms with Crippen molar-refractivity contribution in [3.8, 4) is 5.88 Å². The number of fused-ring (bicyclic) bond motifs is 1. The molecular formula is C25H32F3N5O2S. The normalized spacial score (nSPS) is 21.3. The van der Waals surface area contributed by atoms with Crippen molar-refractivity contribution in [2.45, 2.75) is 64.5 Å². The van der Waals surface area contributed by atoms with Crippen LogP contribution in [0.3, 0.4) is 0 Å². The van der Waals surface area contributed by atoms with Crippen molar-refractivity contribution in [1.82, 2.24) is 20.1 Å². The first-order chi connectivity index (χ1) is 17.2. The van der Waals surface area contributed by atoms with Gasteiger partial charge in [0.2, 0.25) is 5.88 Å². The highest BCUT2D eigenvalue weighted by Gasteiger charge is 2.29. The largest absolute Gasteiger partial charge is 0.468 e. The molecule has 0 saturated heterocycles. The molecule has 4 rings (SSSR count). The molecule has 0 bridgehead atoms. The Balaban J connectivity index is 1.16. The number of carbonyl (C=O) groups excluding carboxylic acids is 1. The summed E-state index contributed by atoms with van der Waals surface area (Å²) in [6.45, 7) is 3.33. The van der Waals surface area contributed by atoms with Gasteiger partial charge in [-0.2, -0.15) is 13.2 Å². The number of amides is 1. The first-order valence-electron chi connectivity index (χ1n) is 12.5. The van der Waals surface area contributed by atoms with E-state index in [4.69, 9.17) is 4.74 Å². The Morgan fingerprint density at radius 3 is 2.69 bits per heavy atom. The van der Waals surface area contributed by atoms with Gasteiger partial charge in [0.15, 0.2) is 6.61 Å². The van der Waals surface area contributed by atoms with E-state index in [1.807, 2.05) is 19.2 Å². The second-order valence-electron chi connectivity index (χ2n) is 9.63. The van der Waals surface area contributed by atoms with E-state index in [0.29, 0.717) is 23.3 Å². The summed E-state index contributed by atoms with van der Waals surface area (Å²) in [6.07, 6.45) is 4.74. The average Bonchev–Trinajstić information content (AvgIpc) is 3.14. The lowest BCUT2D eigenvalue weighted by atomic mass is 9.81. The van der Waals surface area contributed by atoms with Gasteiger partial charge < -0.3 is 9.64 Å². The maximum atomic E-state index is 12.4. The van der Waals surface area contributed by atoms with Crippen molar-refractivity contribution in [2.75, 3.05) is 26.2 Å². The van der Waals surface area contributed by atoms with Gasteiger partial charge in [-0.25, -0.2) is 9.98 Å². The maximum Gasteiger partial charge on any atom is 0.422 e. The first-order valence-corrected chi connectivity index (χ1v) is 13.3.